The minimum absolute atomic E-state index is 0.0113. The Morgan fingerprint density at radius 2 is 0.746 bits per heavy atom. The molecule has 0 aromatic heterocycles. The van der Waals surface area contributed by atoms with Crippen molar-refractivity contribution in [3.8, 4) is 0 Å². The van der Waals surface area contributed by atoms with Crippen LogP contribution < -0.4 is 5.32 Å². The van der Waals surface area contributed by atoms with E-state index in [2.05, 4.69) is 31.3 Å². The van der Waals surface area contributed by atoms with Gasteiger partial charge in [0.05, 0.1) is 25.4 Å². The molecular formula is C57H111NO5. The third-order valence-corrected chi connectivity index (χ3v) is 13.3. The van der Waals surface area contributed by atoms with Gasteiger partial charge in [0.15, 0.2) is 0 Å². The Kier molecular flexibility index (Phi) is 52.0. The smallest absolute Gasteiger partial charge is 0.305 e. The summed E-state index contributed by atoms with van der Waals surface area (Å²) in [6.45, 7) is 4.93. The van der Waals surface area contributed by atoms with Crippen LogP contribution in [0, 0.1) is 0 Å². The summed E-state index contributed by atoms with van der Waals surface area (Å²) in [4.78, 5) is 24.6. The molecule has 0 aliphatic rings. The zero-order chi connectivity index (χ0) is 45.8. The Morgan fingerprint density at radius 3 is 1.13 bits per heavy atom. The number of hydrogen-bond acceptors (Lipinski definition) is 5. The summed E-state index contributed by atoms with van der Waals surface area (Å²) < 4.78 is 5.48. The number of rotatable bonds is 53. The molecule has 0 aliphatic heterocycles. The van der Waals surface area contributed by atoms with Crippen LogP contribution in [0.5, 0.6) is 0 Å². The van der Waals surface area contributed by atoms with Crippen LogP contribution in [0.3, 0.4) is 0 Å². The number of amides is 1. The van der Waals surface area contributed by atoms with Gasteiger partial charge in [-0.25, -0.2) is 0 Å². The molecule has 0 spiro atoms. The minimum Gasteiger partial charge on any atom is -0.466 e. The first kappa shape index (κ1) is 61.6. The third-order valence-electron chi connectivity index (χ3n) is 13.3. The van der Waals surface area contributed by atoms with E-state index >= 15 is 0 Å². The van der Waals surface area contributed by atoms with Crippen LogP contribution in [0.15, 0.2) is 12.2 Å². The molecule has 0 aliphatic carbocycles. The zero-order valence-corrected chi connectivity index (χ0v) is 42.6. The Labute approximate surface area is 393 Å². The normalized spacial score (nSPS) is 12.6. The number of nitrogens with one attached hydrogen (secondary N) is 1. The van der Waals surface area contributed by atoms with Gasteiger partial charge in [-0.15, -0.1) is 0 Å². The molecule has 2 unspecified atom stereocenters. The fourth-order valence-electron chi connectivity index (χ4n) is 8.93. The van der Waals surface area contributed by atoms with Gasteiger partial charge in [-0.1, -0.05) is 264 Å². The predicted molar refractivity (Wildman–Crippen MR) is 273 cm³/mol. The van der Waals surface area contributed by atoms with Crippen molar-refractivity contribution in [1.82, 2.24) is 5.32 Å². The van der Waals surface area contributed by atoms with Crippen molar-refractivity contribution in [3.63, 3.8) is 0 Å². The van der Waals surface area contributed by atoms with Crippen LogP contribution in [0.25, 0.3) is 0 Å². The van der Waals surface area contributed by atoms with Gasteiger partial charge in [0.25, 0.3) is 0 Å². The second kappa shape index (κ2) is 53.2. The highest BCUT2D eigenvalue weighted by molar-refractivity contribution is 5.76. The summed E-state index contributed by atoms with van der Waals surface area (Å²) in [6, 6.07) is -0.553. The quantitative estimate of drug-likeness (QED) is 0.0321. The van der Waals surface area contributed by atoms with E-state index in [1.165, 1.54) is 225 Å². The maximum Gasteiger partial charge on any atom is 0.305 e. The van der Waals surface area contributed by atoms with Crippen molar-refractivity contribution in [2.24, 2.45) is 0 Å². The standard InChI is InChI=1S/C57H111NO5/c1-3-5-7-9-11-13-15-17-19-21-22-24-26-31-35-39-43-47-51-57(62)63-52-48-44-40-36-32-28-27-30-34-38-42-46-50-56(61)58-54(53-59)55(60)49-45-41-37-33-29-25-23-20-18-16-14-12-10-8-6-4-2/h19,21,54-55,59-60H,3-18,20,22-53H2,1-2H3,(H,58,61)/b21-19-. The van der Waals surface area contributed by atoms with Crippen molar-refractivity contribution in [2.75, 3.05) is 13.2 Å². The molecule has 6 heteroatoms. The highest BCUT2D eigenvalue weighted by atomic mass is 16.5. The third kappa shape index (κ3) is 49.9. The molecule has 2 atom stereocenters. The molecular weight excluding hydrogens is 779 g/mol. The summed E-state index contributed by atoms with van der Waals surface area (Å²) in [5.41, 5.74) is 0. The largest absolute Gasteiger partial charge is 0.466 e. The van der Waals surface area contributed by atoms with E-state index in [0.29, 0.717) is 25.9 Å². The number of aliphatic hydroxyl groups excluding tert-OH is 2. The molecule has 0 heterocycles. The molecule has 0 aromatic rings. The monoisotopic (exact) mass is 890 g/mol. The molecule has 0 bridgehead atoms. The second-order valence-corrected chi connectivity index (χ2v) is 19.6. The molecule has 6 nitrogen and oxygen atoms in total. The maximum atomic E-state index is 12.5. The molecule has 374 valence electrons. The van der Waals surface area contributed by atoms with Crippen LogP contribution in [-0.4, -0.2) is 47.4 Å². The maximum absolute atomic E-state index is 12.5. The Balaban J connectivity index is 3.44. The molecule has 0 saturated carbocycles. The summed E-state index contributed by atoms with van der Waals surface area (Å²) in [6.07, 6.45) is 61.9. The summed E-state index contributed by atoms with van der Waals surface area (Å²) in [5, 5.41) is 23.3. The molecule has 0 saturated heterocycles. The summed E-state index contributed by atoms with van der Waals surface area (Å²) in [5.74, 6) is -0.0598. The van der Waals surface area contributed by atoms with Crippen LogP contribution in [0.4, 0.5) is 0 Å². The first-order valence-electron chi connectivity index (χ1n) is 28.4. The first-order chi connectivity index (χ1) is 31.0. The van der Waals surface area contributed by atoms with Crippen LogP contribution in [0.2, 0.25) is 0 Å². The average Bonchev–Trinajstić information content (AvgIpc) is 3.28. The molecule has 0 fully saturated rings. The van der Waals surface area contributed by atoms with E-state index in [-0.39, 0.29) is 18.5 Å². The SMILES string of the molecule is CCCCCCCCC/C=C\CCCCCCCCCC(=O)OCCCCCCCCCCCCCCC(=O)NC(CO)C(O)CCCCCCCCCCCCCCCCCC. The second-order valence-electron chi connectivity index (χ2n) is 19.6. The van der Waals surface area contributed by atoms with E-state index in [1.807, 2.05) is 0 Å². The van der Waals surface area contributed by atoms with Crippen molar-refractivity contribution >= 4 is 11.9 Å². The van der Waals surface area contributed by atoms with Gasteiger partial charge in [-0.05, 0) is 51.4 Å². The van der Waals surface area contributed by atoms with E-state index in [9.17, 15) is 19.8 Å². The lowest BCUT2D eigenvalue weighted by molar-refractivity contribution is -0.143. The van der Waals surface area contributed by atoms with E-state index in [4.69, 9.17) is 4.74 Å². The van der Waals surface area contributed by atoms with Crippen molar-refractivity contribution in [3.05, 3.63) is 12.2 Å². The number of aliphatic hydroxyl groups is 2. The molecule has 3 N–H and O–H groups in total. The van der Waals surface area contributed by atoms with Gasteiger partial charge >= 0.3 is 5.97 Å². The van der Waals surface area contributed by atoms with Gasteiger partial charge in [-0.3, -0.25) is 9.59 Å². The zero-order valence-electron chi connectivity index (χ0n) is 42.6. The van der Waals surface area contributed by atoms with Gasteiger partial charge < -0.3 is 20.3 Å². The van der Waals surface area contributed by atoms with Gasteiger partial charge in [-0.2, -0.15) is 0 Å². The molecule has 0 aromatic carbocycles. The van der Waals surface area contributed by atoms with Crippen molar-refractivity contribution < 1.29 is 24.5 Å². The minimum atomic E-state index is -0.674. The van der Waals surface area contributed by atoms with Gasteiger partial charge in [0, 0.05) is 12.8 Å². The summed E-state index contributed by atoms with van der Waals surface area (Å²) in [7, 11) is 0. The Bertz CT molecular complexity index is 939. The van der Waals surface area contributed by atoms with Crippen molar-refractivity contribution in [1.29, 1.82) is 0 Å². The molecule has 63 heavy (non-hydrogen) atoms. The number of ether oxygens (including phenoxy) is 1. The number of hydrogen-bond donors (Lipinski definition) is 3. The van der Waals surface area contributed by atoms with Gasteiger partial charge in [0.1, 0.15) is 0 Å². The number of carbonyl (C=O) groups is 2. The van der Waals surface area contributed by atoms with Crippen LogP contribution in [-0.2, 0) is 14.3 Å². The van der Waals surface area contributed by atoms with E-state index in [1.54, 1.807) is 0 Å². The predicted octanol–water partition coefficient (Wildman–Crippen LogP) is 17.3. The topological polar surface area (TPSA) is 95.9 Å². The lowest BCUT2D eigenvalue weighted by atomic mass is 10.0. The Morgan fingerprint density at radius 1 is 0.429 bits per heavy atom. The first-order valence-corrected chi connectivity index (χ1v) is 28.4. The molecule has 0 rings (SSSR count). The van der Waals surface area contributed by atoms with Gasteiger partial charge in [0.2, 0.25) is 5.91 Å². The number of esters is 1. The molecule has 0 radical (unpaired) electrons. The van der Waals surface area contributed by atoms with E-state index < -0.39 is 12.1 Å². The lowest BCUT2D eigenvalue weighted by Crippen LogP contribution is -2.45. The summed E-state index contributed by atoms with van der Waals surface area (Å²) >= 11 is 0. The fourth-order valence-corrected chi connectivity index (χ4v) is 8.93. The highest BCUT2D eigenvalue weighted by Gasteiger charge is 2.20. The van der Waals surface area contributed by atoms with Crippen molar-refractivity contribution in [2.45, 2.75) is 328 Å². The lowest BCUT2D eigenvalue weighted by Gasteiger charge is -2.22. The highest BCUT2D eigenvalue weighted by Crippen LogP contribution is 2.17. The number of allylic oxidation sites excluding steroid dienone is 2. The van der Waals surface area contributed by atoms with E-state index in [0.717, 1.165) is 57.8 Å². The average molecular weight is 891 g/mol. The Hall–Kier alpha value is -1.40. The number of carbonyl (C=O) groups excluding carboxylic acids is 2. The van der Waals surface area contributed by atoms with Crippen LogP contribution >= 0.6 is 0 Å². The fraction of sp³-hybridized carbons (Fsp3) is 0.930. The number of unbranched alkanes of at least 4 members (excludes halogenated alkanes) is 40. The van der Waals surface area contributed by atoms with Crippen LogP contribution in [0.1, 0.15) is 316 Å². The molecule has 1 amide bonds.